The van der Waals surface area contributed by atoms with Crippen molar-refractivity contribution in [3.8, 4) is 0 Å². The van der Waals surface area contributed by atoms with Crippen molar-refractivity contribution >= 4 is 6.08 Å². The Kier molecular flexibility index (Phi) is 14.8. The van der Waals surface area contributed by atoms with E-state index in [1.165, 1.54) is 94.0 Å². The zero-order valence-corrected chi connectivity index (χ0v) is 22.9. The van der Waals surface area contributed by atoms with E-state index in [-0.39, 0.29) is 6.04 Å². The highest BCUT2D eigenvalue weighted by atomic mass is 15.1. The van der Waals surface area contributed by atoms with Crippen LogP contribution in [-0.4, -0.2) is 38.1 Å². The van der Waals surface area contributed by atoms with Gasteiger partial charge in [0.25, 0.3) is 0 Å². The van der Waals surface area contributed by atoms with Gasteiger partial charge in [0, 0.05) is 25.3 Å². The third-order valence-corrected chi connectivity index (χ3v) is 7.72. The Balaban J connectivity index is 1.72. The van der Waals surface area contributed by atoms with Crippen LogP contribution < -0.4 is 10.6 Å². The second-order valence-corrected chi connectivity index (χ2v) is 10.5. The predicted octanol–water partition coefficient (Wildman–Crippen LogP) is 7.49. The Hall–Kier alpha value is -1.84. The summed E-state index contributed by atoms with van der Waals surface area (Å²) in [5.41, 5.74) is 5.11. The van der Waals surface area contributed by atoms with Crippen molar-refractivity contribution in [1.29, 1.82) is 0 Å². The van der Waals surface area contributed by atoms with Gasteiger partial charge in [-0.05, 0) is 87.7 Å². The lowest BCUT2D eigenvalue weighted by atomic mass is 9.89. The average molecular weight is 480 g/mol. The van der Waals surface area contributed by atoms with Gasteiger partial charge < -0.3 is 10.6 Å². The molecule has 1 unspecified atom stereocenters. The van der Waals surface area contributed by atoms with Crippen molar-refractivity contribution in [1.82, 2.24) is 15.5 Å². The van der Waals surface area contributed by atoms with E-state index < -0.39 is 0 Å². The SMILES string of the molecule is C=CCCC(C(=C)NC)N(C)Cc1cc(CCCCCCCNCC2CCCCC2)ccc1C=C. The predicted molar refractivity (Wildman–Crippen MR) is 156 cm³/mol. The number of likely N-dealkylation sites (N-methyl/N-ethyl adjacent to an activating group) is 2. The molecule has 1 aromatic carbocycles. The fourth-order valence-corrected chi connectivity index (χ4v) is 5.44. The molecule has 0 aromatic heterocycles. The lowest BCUT2D eigenvalue weighted by molar-refractivity contribution is 0.246. The molecule has 196 valence electrons. The zero-order chi connectivity index (χ0) is 25.3. The van der Waals surface area contributed by atoms with Crippen LogP contribution in [-0.2, 0) is 13.0 Å². The molecule has 1 aromatic rings. The first kappa shape index (κ1) is 29.4. The monoisotopic (exact) mass is 479 g/mol. The van der Waals surface area contributed by atoms with Crippen LogP contribution in [0.15, 0.2) is 49.7 Å². The van der Waals surface area contributed by atoms with Crippen LogP contribution in [0.2, 0.25) is 0 Å². The molecule has 1 saturated carbocycles. The van der Waals surface area contributed by atoms with Crippen molar-refractivity contribution in [2.75, 3.05) is 27.2 Å². The minimum absolute atomic E-state index is 0.288. The maximum absolute atomic E-state index is 4.24. The van der Waals surface area contributed by atoms with Gasteiger partial charge in [-0.25, -0.2) is 0 Å². The van der Waals surface area contributed by atoms with E-state index in [4.69, 9.17) is 0 Å². The van der Waals surface area contributed by atoms with Crippen LogP contribution in [0.3, 0.4) is 0 Å². The maximum atomic E-state index is 4.24. The van der Waals surface area contributed by atoms with Gasteiger partial charge in [-0.1, -0.05) is 82.0 Å². The van der Waals surface area contributed by atoms with Gasteiger partial charge in [0.1, 0.15) is 0 Å². The standard InChI is InChI=1S/C32H53N3/c1-6-8-20-32(27(3)33-4)35(5)26-31-24-28(21-22-30(31)7-2)17-13-10-9-11-16-23-34-25-29-18-14-12-15-19-29/h6-7,21-22,24,29,32-34H,1-3,8-20,23,25-26H2,4-5H3. The summed E-state index contributed by atoms with van der Waals surface area (Å²) in [6, 6.07) is 7.22. The van der Waals surface area contributed by atoms with E-state index in [0.717, 1.165) is 37.4 Å². The van der Waals surface area contributed by atoms with Crippen LogP contribution in [0.4, 0.5) is 0 Å². The molecule has 1 aliphatic carbocycles. The molecular weight excluding hydrogens is 426 g/mol. The molecule has 3 heteroatoms. The topological polar surface area (TPSA) is 27.3 Å². The van der Waals surface area contributed by atoms with Crippen LogP contribution in [0, 0.1) is 5.92 Å². The molecule has 1 atom stereocenters. The number of hydrogen-bond acceptors (Lipinski definition) is 3. The Bertz CT molecular complexity index is 747. The molecule has 0 aliphatic heterocycles. The zero-order valence-electron chi connectivity index (χ0n) is 22.9. The van der Waals surface area contributed by atoms with Gasteiger partial charge in [0.05, 0.1) is 0 Å². The molecule has 0 radical (unpaired) electrons. The van der Waals surface area contributed by atoms with E-state index >= 15 is 0 Å². The molecule has 0 amide bonds. The number of nitrogens with one attached hydrogen (secondary N) is 2. The summed E-state index contributed by atoms with van der Waals surface area (Å²) in [6.45, 7) is 15.5. The summed E-state index contributed by atoms with van der Waals surface area (Å²) in [6.07, 6.45) is 21.0. The van der Waals surface area contributed by atoms with Gasteiger partial charge in [-0.3, -0.25) is 4.90 Å². The maximum Gasteiger partial charge on any atom is 0.0492 e. The third kappa shape index (κ3) is 11.2. The minimum Gasteiger partial charge on any atom is -0.391 e. The number of allylic oxidation sites excluding steroid dienone is 1. The van der Waals surface area contributed by atoms with Crippen molar-refractivity contribution < 1.29 is 0 Å². The molecule has 0 bridgehead atoms. The summed E-state index contributed by atoms with van der Waals surface area (Å²) in [5, 5.41) is 6.96. The largest absolute Gasteiger partial charge is 0.391 e. The first-order chi connectivity index (χ1) is 17.1. The minimum atomic E-state index is 0.288. The summed E-state index contributed by atoms with van der Waals surface area (Å²) in [5.74, 6) is 0.945. The Morgan fingerprint density at radius 3 is 2.54 bits per heavy atom. The first-order valence-corrected chi connectivity index (χ1v) is 14.2. The molecule has 1 aliphatic rings. The van der Waals surface area contributed by atoms with Gasteiger partial charge in [-0.15, -0.1) is 6.58 Å². The summed E-state index contributed by atoms with van der Waals surface area (Å²) in [4.78, 5) is 2.40. The van der Waals surface area contributed by atoms with Crippen molar-refractivity contribution in [3.63, 3.8) is 0 Å². The fourth-order valence-electron chi connectivity index (χ4n) is 5.44. The summed E-state index contributed by atoms with van der Waals surface area (Å²) >= 11 is 0. The smallest absolute Gasteiger partial charge is 0.0492 e. The second-order valence-electron chi connectivity index (χ2n) is 10.5. The molecule has 0 heterocycles. The molecular formula is C32H53N3. The van der Waals surface area contributed by atoms with Crippen LogP contribution >= 0.6 is 0 Å². The molecule has 35 heavy (non-hydrogen) atoms. The Morgan fingerprint density at radius 2 is 1.83 bits per heavy atom. The van der Waals surface area contributed by atoms with Gasteiger partial charge in [-0.2, -0.15) is 0 Å². The van der Waals surface area contributed by atoms with Gasteiger partial charge in [0.2, 0.25) is 0 Å². The lowest BCUT2D eigenvalue weighted by Gasteiger charge is -2.30. The number of rotatable bonds is 19. The van der Waals surface area contributed by atoms with E-state index in [1.807, 2.05) is 19.2 Å². The highest BCUT2D eigenvalue weighted by Crippen LogP contribution is 2.23. The average Bonchev–Trinajstić information content (AvgIpc) is 2.88. The summed E-state index contributed by atoms with van der Waals surface area (Å²) in [7, 11) is 4.15. The molecule has 2 rings (SSSR count). The van der Waals surface area contributed by atoms with Crippen LogP contribution in [0.5, 0.6) is 0 Å². The number of hydrogen-bond donors (Lipinski definition) is 2. The Labute approximate surface area is 217 Å². The van der Waals surface area contributed by atoms with Crippen molar-refractivity contribution in [2.45, 2.75) is 96.1 Å². The normalized spacial score (nSPS) is 15.2. The van der Waals surface area contributed by atoms with Gasteiger partial charge >= 0.3 is 0 Å². The quantitative estimate of drug-likeness (QED) is 0.159. The highest BCUT2D eigenvalue weighted by molar-refractivity contribution is 5.53. The second kappa shape index (κ2) is 17.6. The van der Waals surface area contributed by atoms with Crippen LogP contribution in [0.1, 0.15) is 93.7 Å². The van der Waals surface area contributed by atoms with Crippen molar-refractivity contribution in [2.24, 2.45) is 5.92 Å². The molecule has 0 spiro atoms. The molecule has 3 nitrogen and oxygen atoms in total. The number of nitrogens with zero attached hydrogens (tertiary/aromatic N) is 1. The number of benzene rings is 1. The number of unbranched alkanes of at least 4 members (excludes halogenated alkanes) is 4. The van der Waals surface area contributed by atoms with Crippen molar-refractivity contribution in [3.05, 3.63) is 66.4 Å². The van der Waals surface area contributed by atoms with E-state index in [0.29, 0.717) is 0 Å². The lowest BCUT2D eigenvalue weighted by Crippen LogP contribution is -2.36. The third-order valence-electron chi connectivity index (χ3n) is 7.72. The summed E-state index contributed by atoms with van der Waals surface area (Å²) < 4.78 is 0. The van der Waals surface area contributed by atoms with Gasteiger partial charge in [0.15, 0.2) is 0 Å². The number of aryl methyl sites for hydroxylation is 1. The van der Waals surface area contributed by atoms with E-state index in [9.17, 15) is 0 Å². The molecule has 2 N–H and O–H groups in total. The molecule has 0 saturated heterocycles. The molecule has 1 fully saturated rings. The first-order valence-electron chi connectivity index (χ1n) is 14.2. The van der Waals surface area contributed by atoms with E-state index in [1.54, 1.807) is 0 Å². The fraction of sp³-hybridized carbons (Fsp3) is 0.625. The Morgan fingerprint density at radius 1 is 1.09 bits per heavy atom. The highest BCUT2D eigenvalue weighted by Gasteiger charge is 2.18. The van der Waals surface area contributed by atoms with E-state index in [2.05, 4.69) is 60.5 Å². The van der Waals surface area contributed by atoms with Crippen LogP contribution in [0.25, 0.3) is 6.08 Å².